The summed E-state index contributed by atoms with van der Waals surface area (Å²) in [6, 6.07) is 13.9. The third kappa shape index (κ3) is 1.85. The van der Waals surface area contributed by atoms with Crippen LogP contribution in [-0.4, -0.2) is 12.1 Å². The number of hydrogen-bond donors (Lipinski definition) is 1. The number of hydrogen-bond acceptors (Lipinski definition) is 1. The minimum Gasteiger partial charge on any atom is -0.497 e. The van der Waals surface area contributed by atoms with Gasteiger partial charge >= 0.3 is 0 Å². The Hall–Kier alpha value is -1.93. The molecule has 0 saturated carbocycles. The summed E-state index contributed by atoms with van der Waals surface area (Å²) in [6.07, 6.45) is 1.92. The second-order valence-electron chi connectivity index (χ2n) is 4.12. The molecule has 0 bridgehead atoms. The maximum absolute atomic E-state index is 6.15. The van der Waals surface area contributed by atoms with Gasteiger partial charge in [-0.1, -0.05) is 23.7 Å². The van der Waals surface area contributed by atoms with Crippen LogP contribution in [-0.2, 0) is 0 Å². The molecule has 90 valence electrons. The predicted molar refractivity (Wildman–Crippen MR) is 75.3 cm³/mol. The minimum atomic E-state index is 0.743. The molecule has 3 heteroatoms. The van der Waals surface area contributed by atoms with Crippen molar-refractivity contribution in [3.05, 3.63) is 53.7 Å². The van der Waals surface area contributed by atoms with Gasteiger partial charge in [0.25, 0.3) is 0 Å². The van der Waals surface area contributed by atoms with Gasteiger partial charge in [0, 0.05) is 22.2 Å². The molecule has 18 heavy (non-hydrogen) atoms. The zero-order valence-electron chi connectivity index (χ0n) is 9.91. The van der Waals surface area contributed by atoms with Crippen molar-refractivity contribution in [3.63, 3.8) is 0 Å². The van der Waals surface area contributed by atoms with E-state index in [0.29, 0.717) is 0 Å². The summed E-state index contributed by atoms with van der Waals surface area (Å²) in [5.41, 5.74) is 3.32. The Labute approximate surface area is 110 Å². The van der Waals surface area contributed by atoms with Crippen LogP contribution in [0.2, 0.25) is 5.02 Å². The number of ether oxygens (including phenoxy) is 1. The standard InChI is InChI=1S/C15H12ClNO/c1-18-13-4-2-10(3-5-13)14-9-12(16)8-11-6-7-17-15(11)14/h2-9,17H,1H3. The van der Waals surface area contributed by atoms with E-state index in [9.17, 15) is 0 Å². The molecule has 0 radical (unpaired) electrons. The maximum Gasteiger partial charge on any atom is 0.118 e. The van der Waals surface area contributed by atoms with E-state index in [1.54, 1.807) is 7.11 Å². The van der Waals surface area contributed by atoms with Crippen LogP contribution in [0, 0.1) is 0 Å². The van der Waals surface area contributed by atoms with E-state index in [2.05, 4.69) is 4.98 Å². The molecule has 0 fully saturated rings. The zero-order chi connectivity index (χ0) is 12.5. The van der Waals surface area contributed by atoms with Gasteiger partial charge in [-0.05, 0) is 35.9 Å². The van der Waals surface area contributed by atoms with Gasteiger partial charge in [-0.25, -0.2) is 0 Å². The van der Waals surface area contributed by atoms with Gasteiger partial charge in [0.15, 0.2) is 0 Å². The second-order valence-corrected chi connectivity index (χ2v) is 4.56. The van der Waals surface area contributed by atoms with Crippen LogP contribution in [0.4, 0.5) is 0 Å². The lowest BCUT2D eigenvalue weighted by atomic mass is 10.0. The van der Waals surface area contributed by atoms with Crippen LogP contribution in [0.25, 0.3) is 22.0 Å². The molecule has 0 atom stereocenters. The van der Waals surface area contributed by atoms with E-state index in [1.807, 2.05) is 48.7 Å². The summed E-state index contributed by atoms with van der Waals surface area (Å²) in [4.78, 5) is 3.25. The Balaban J connectivity index is 2.20. The highest BCUT2D eigenvalue weighted by atomic mass is 35.5. The van der Waals surface area contributed by atoms with Gasteiger partial charge in [-0.3, -0.25) is 0 Å². The van der Waals surface area contributed by atoms with Crippen molar-refractivity contribution in [2.45, 2.75) is 0 Å². The van der Waals surface area contributed by atoms with Crippen LogP contribution in [0.15, 0.2) is 48.7 Å². The van der Waals surface area contributed by atoms with Crippen LogP contribution in [0.3, 0.4) is 0 Å². The molecule has 2 nitrogen and oxygen atoms in total. The first kappa shape index (κ1) is 11.2. The fraction of sp³-hybridized carbons (Fsp3) is 0.0667. The summed E-state index contributed by atoms with van der Waals surface area (Å²) in [6.45, 7) is 0. The SMILES string of the molecule is COc1ccc(-c2cc(Cl)cc3cc[nH]c23)cc1. The van der Waals surface area contributed by atoms with Gasteiger partial charge in [0.2, 0.25) is 0 Å². The smallest absolute Gasteiger partial charge is 0.118 e. The first-order valence-electron chi connectivity index (χ1n) is 5.69. The highest BCUT2D eigenvalue weighted by Crippen LogP contribution is 2.31. The Morgan fingerprint density at radius 3 is 2.56 bits per heavy atom. The molecule has 1 heterocycles. The summed E-state index contributed by atoms with van der Waals surface area (Å²) >= 11 is 6.15. The molecule has 3 rings (SSSR count). The number of rotatable bonds is 2. The monoisotopic (exact) mass is 257 g/mol. The lowest BCUT2D eigenvalue weighted by Crippen LogP contribution is -1.84. The van der Waals surface area contributed by atoms with E-state index in [-0.39, 0.29) is 0 Å². The highest BCUT2D eigenvalue weighted by molar-refractivity contribution is 6.32. The van der Waals surface area contributed by atoms with Gasteiger partial charge in [-0.15, -0.1) is 0 Å². The van der Waals surface area contributed by atoms with Crippen LogP contribution in [0.1, 0.15) is 0 Å². The molecule has 0 unspecified atom stereocenters. The number of aromatic nitrogens is 1. The number of halogens is 1. The molecule has 3 aromatic rings. The molecule has 0 aliphatic rings. The third-order valence-corrected chi connectivity index (χ3v) is 3.24. The van der Waals surface area contributed by atoms with Crippen molar-refractivity contribution in [1.29, 1.82) is 0 Å². The molecule has 0 aliphatic heterocycles. The van der Waals surface area contributed by atoms with Crippen LogP contribution < -0.4 is 4.74 Å². The van der Waals surface area contributed by atoms with E-state index >= 15 is 0 Å². The Morgan fingerprint density at radius 2 is 1.83 bits per heavy atom. The largest absolute Gasteiger partial charge is 0.497 e. The molecule has 0 spiro atoms. The number of fused-ring (bicyclic) bond motifs is 1. The molecule has 0 aliphatic carbocycles. The summed E-state index contributed by atoms with van der Waals surface area (Å²) in [5, 5.41) is 1.86. The first-order valence-corrected chi connectivity index (χ1v) is 6.07. The van der Waals surface area contributed by atoms with Crippen molar-refractivity contribution in [2.24, 2.45) is 0 Å². The van der Waals surface area contributed by atoms with E-state index in [1.165, 1.54) is 0 Å². The Bertz CT molecular complexity index is 685. The molecule has 0 amide bonds. The highest BCUT2D eigenvalue weighted by Gasteiger charge is 2.06. The summed E-state index contributed by atoms with van der Waals surface area (Å²) < 4.78 is 5.17. The number of nitrogens with one attached hydrogen (secondary N) is 1. The topological polar surface area (TPSA) is 25.0 Å². The van der Waals surface area contributed by atoms with Gasteiger partial charge in [-0.2, -0.15) is 0 Å². The molecule has 1 N–H and O–H groups in total. The zero-order valence-corrected chi connectivity index (χ0v) is 10.7. The molecule has 2 aromatic carbocycles. The molecular weight excluding hydrogens is 246 g/mol. The third-order valence-electron chi connectivity index (χ3n) is 3.03. The van der Waals surface area contributed by atoms with Crippen molar-refractivity contribution in [3.8, 4) is 16.9 Å². The number of aromatic amines is 1. The van der Waals surface area contributed by atoms with Crippen molar-refractivity contribution < 1.29 is 4.74 Å². The van der Waals surface area contributed by atoms with Gasteiger partial charge in [0.1, 0.15) is 5.75 Å². The molecular formula is C15H12ClNO. The second kappa shape index (κ2) is 4.39. The van der Waals surface area contributed by atoms with Crippen molar-refractivity contribution >= 4 is 22.5 Å². The predicted octanol–water partition coefficient (Wildman–Crippen LogP) is 4.50. The number of methoxy groups -OCH3 is 1. The van der Waals surface area contributed by atoms with Crippen LogP contribution in [0.5, 0.6) is 5.75 Å². The number of benzene rings is 2. The fourth-order valence-corrected chi connectivity index (χ4v) is 2.36. The average molecular weight is 258 g/mol. The van der Waals surface area contributed by atoms with E-state index in [0.717, 1.165) is 32.8 Å². The van der Waals surface area contributed by atoms with E-state index < -0.39 is 0 Å². The van der Waals surface area contributed by atoms with Gasteiger partial charge in [0.05, 0.1) is 12.6 Å². The first-order chi connectivity index (χ1) is 8.78. The summed E-state index contributed by atoms with van der Waals surface area (Å²) in [5.74, 6) is 0.850. The normalized spacial score (nSPS) is 10.8. The van der Waals surface area contributed by atoms with Crippen molar-refractivity contribution in [1.82, 2.24) is 4.98 Å². The lowest BCUT2D eigenvalue weighted by molar-refractivity contribution is 0.415. The van der Waals surface area contributed by atoms with Crippen molar-refractivity contribution in [2.75, 3.05) is 7.11 Å². The van der Waals surface area contributed by atoms with E-state index in [4.69, 9.17) is 16.3 Å². The Kier molecular flexibility index (Phi) is 2.73. The van der Waals surface area contributed by atoms with Crippen LogP contribution >= 0.6 is 11.6 Å². The average Bonchev–Trinajstić information content (AvgIpc) is 2.86. The summed E-state index contributed by atoms with van der Waals surface area (Å²) in [7, 11) is 1.66. The minimum absolute atomic E-state index is 0.743. The molecule has 1 aromatic heterocycles. The maximum atomic E-state index is 6.15. The number of H-pyrrole nitrogens is 1. The quantitative estimate of drug-likeness (QED) is 0.719. The fourth-order valence-electron chi connectivity index (χ4n) is 2.13. The Morgan fingerprint density at radius 1 is 1.06 bits per heavy atom. The molecule has 0 saturated heterocycles. The lowest BCUT2D eigenvalue weighted by Gasteiger charge is -2.06. The van der Waals surface area contributed by atoms with Gasteiger partial charge < -0.3 is 9.72 Å².